The molecule has 1 fully saturated rings. The first-order valence-electron chi connectivity index (χ1n) is 7.06. The topological polar surface area (TPSA) is 49.4 Å². The van der Waals surface area contributed by atoms with Crippen LogP contribution in [-0.4, -0.2) is 29.3 Å². The van der Waals surface area contributed by atoms with Gasteiger partial charge < -0.3 is 10.2 Å². The minimum absolute atomic E-state index is 0.0461. The molecule has 1 aliphatic rings. The Hall–Kier alpha value is -1.41. The summed E-state index contributed by atoms with van der Waals surface area (Å²) in [7, 11) is 0. The Kier molecular flexibility index (Phi) is 4.77. The predicted octanol–water partition coefficient (Wildman–Crippen LogP) is 3.60. The summed E-state index contributed by atoms with van der Waals surface area (Å²) < 4.78 is 1.12. The summed E-state index contributed by atoms with van der Waals surface area (Å²) in [6, 6.07) is 10.9. The number of nitrogens with one attached hydrogen (secondary N) is 1. The molecule has 3 rings (SSSR count). The van der Waals surface area contributed by atoms with Gasteiger partial charge in [0, 0.05) is 15.8 Å². The van der Waals surface area contributed by atoms with Gasteiger partial charge in [0.2, 0.25) is 5.91 Å². The fraction of sp³-hybridized carbons (Fsp3) is 0.250. The smallest absolute Gasteiger partial charge is 0.264 e. The van der Waals surface area contributed by atoms with Crippen molar-refractivity contribution < 1.29 is 9.59 Å². The van der Waals surface area contributed by atoms with Crippen LogP contribution in [0.1, 0.15) is 22.5 Å². The molecule has 114 valence electrons. The third-order valence-electron chi connectivity index (χ3n) is 3.66. The number of halogens is 1. The first-order valence-corrected chi connectivity index (χ1v) is 9.02. The Bertz CT molecular complexity index is 670. The highest BCUT2D eigenvalue weighted by atomic mass is 127. The number of hydrogen-bond donors (Lipinski definition) is 1. The molecule has 4 nitrogen and oxygen atoms in total. The molecule has 22 heavy (non-hydrogen) atoms. The largest absolute Gasteiger partial charge is 0.326 e. The van der Waals surface area contributed by atoms with Gasteiger partial charge in [-0.1, -0.05) is 6.07 Å². The minimum Gasteiger partial charge on any atom is -0.326 e. The monoisotopic (exact) mass is 426 g/mol. The van der Waals surface area contributed by atoms with Crippen molar-refractivity contribution in [2.45, 2.75) is 18.9 Å². The van der Waals surface area contributed by atoms with Gasteiger partial charge in [0.1, 0.15) is 6.04 Å². The quantitative estimate of drug-likeness (QED) is 0.763. The first kappa shape index (κ1) is 15.5. The molecule has 1 aromatic carbocycles. The Morgan fingerprint density at radius 3 is 2.68 bits per heavy atom. The second-order valence-corrected chi connectivity index (χ2v) is 7.32. The molecule has 1 aromatic heterocycles. The molecule has 1 N–H and O–H groups in total. The average Bonchev–Trinajstić information content (AvgIpc) is 3.20. The zero-order valence-electron chi connectivity index (χ0n) is 11.8. The van der Waals surface area contributed by atoms with Crippen LogP contribution in [0.3, 0.4) is 0 Å². The van der Waals surface area contributed by atoms with Gasteiger partial charge in [0.25, 0.3) is 5.91 Å². The molecule has 0 bridgehead atoms. The number of rotatable bonds is 3. The lowest BCUT2D eigenvalue weighted by molar-refractivity contribution is -0.119. The fourth-order valence-corrected chi connectivity index (χ4v) is 3.62. The van der Waals surface area contributed by atoms with E-state index in [4.69, 9.17) is 0 Å². The van der Waals surface area contributed by atoms with Crippen molar-refractivity contribution in [3.8, 4) is 0 Å². The number of carbonyl (C=O) groups is 2. The van der Waals surface area contributed by atoms with Crippen LogP contribution in [0.25, 0.3) is 0 Å². The van der Waals surface area contributed by atoms with Gasteiger partial charge >= 0.3 is 0 Å². The highest BCUT2D eigenvalue weighted by Crippen LogP contribution is 2.23. The molecule has 1 aliphatic heterocycles. The van der Waals surface area contributed by atoms with E-state index in [9.17, 15) is 9.59 Å². The van der Waals surface area contributed by atoms with E-state index < -0.39 is 0 Å². The van der Waals surface area contributed by atoms with Gasteiger partial charge in [-0.25, -0.2) is 0 Å². The van der Waals surface area contributed by atoms with Gasteiger partial charge in [-0.3, -0.25) is 9.59 Å². The van der Waals surface area contributed by atoms with Crippen molar-refractivity contribution in [2.75, 3.05) is 11.9 Å². The molecule has 2 aromatic rings. The van der Waals surface area contributed by atoms with E-state index in [0.29, 0.717) is 17.8 Å². The zero-order valence-corrected chi connectivity index (χ0v) is 14.8. The molecule has 1 atom stereocenters. The van der Waals surface area contributed by atoms with Crippen LogP contribution >= 0.6 is 33.9 Å². The Morgan fingerprint density at radius 2 is 2.00 bits per heavy atom. The maximum atomic E-state index is 12.5. The van der Waals surface area contributed by atoms with E-state index in [1.807, 2.05) is 35.7 Å². The van der Waals surface area contributed by atoms with Crippen LogP contribution in [0.2, 0.25) is 0 Å². The number of amides is 2. The minimum atomic E-state index is -0.381. The van der Waals surface area contributed by atoms with Crippen LogP contribution in [0.4, 0.5) is 5.69 Å². The third kappa shape index (κ3) is 3.33. The summed E-state index contributed by atoms with van der Waals surface area (Å²) in [5.41, 5.74) is 0.765. The summed E-state index contributed by atoms with van der Waals surface area (Å²) in [4.78, 5) is 27.3. The second kappa shape index (κ2) is 6.78. The van der Waals surface area contributed by atoms with Crippen molar-refractivity contribution in [1.82, 2.24) is 4.90 Å². The zero-order chi connectivity index (χ0) is 15.5. The van der Waals surface area contributed by atoms with E-state index >= 15 is 0 Å². The molecular formula is C16H15IN2O2S. The van der Waals surface area contributed by atoms with E-state index in [1.165, 1.54) is 11.3 Å². The van der Waals surface area contributed by atoms with Crippen molar-refractivity contribution in [1.29, 1.82) is 0 Å². The van der Waals surface area contributed by atoms with Gasteiger partial charge in [-0.2, -0.15) is 0 Å². The second-order valence-electron chi connectivity index (χ2n) is 5.13. The molecule has 2 heterocycles. The number of thiophene rings is 1. The molecule has 0 unspecified atom stereocenters. The molecule has 0 radical (unpaired) electrons. The predicted molar refractivity (Wildman–Crippen MR) is 96.2 cm³/mol. The summed E-state index contributed by atoms with van der Waals surface area (Å²) in [6.45, 7) is 0.640. The molecular weight excluding hydrogens is 411 g/mol. The normalized spacial score (nSPS) is 17.5. The molecule has 0 aliphatic carbocycles. The summed E-state index contributed by atoms with van der Waals surface area (Å²) in [5, 5.41) is 4.79. The number of benzene rings is 1. The lowest BCUT2D eigenvalue weighted by atomic mass is 10.2. The number of carbonyl (C=O) groups excluding carboxylic acids is 2. The number of anilines is 1. The Labute approximate surface area is 146 Å². The van der Waals surface area contributed by atoms with Gasteiger partial charge in [0.15, 0.2) is 0 Å². The van der Waals surface area contributed by atoms with Crippen molar-refractivity contribution in [3.05, 3.63) is 50.2 Å². The van der Waals surface area contributed by atoms with Crippen LogP contribution in [0.15, 0.2) is 41.8 Å². The van der Waals surface area contributed by atoms with E-state index in [2.05, 4.69) is 27.9 Å². The standard InChI is InChI=1S/C16H15IN2O2S/c17-11-5-7-12(8-6-11)18-15(20)13-3-1-9-19(13)16(21)14-4-2-10-22-14/h2,4-8,10,13H,1,3,9H2,(H,18,20)/t13-/m0/s1. The molecule has 1 saturated heterocycles. The highest BCUT2D eigenvalue weighted by Gasteiger charge is 2.34. The number of nitrogens with zero attached hydrogens (tertiary/aromatic N) is 1. The lowest BCUT2D eigenvalue weighted by Crippen LogP contribution is -2.42. The lowest BCUT2D eigenvalue weighted by Gasteiger charge is -2.23. The van der Waals surface area contributed by atoms with E-state index in [1.54, 1.807) is 11.0 Å². The van der Waals surface area contributed by atoms with Crippen LogP contribution < -0.4 is 5.32 Å². The molecule has 0 spiro atoms. The Morgan fingerprint density at radius 1 is 1.23 bits per heavy atom. The van der Waals surface area contributed by atoms with Crippen molar-refractivity contribution in [2.24, 2.45) is 0 Å². The highest BCUT2D eigenvalue weighted by molar-refractivity contribution is 14.1. The number of likely N-dealkylation sites (tertiary alicyclic amines) is 1. The molecule has 0 saturated carbocycles. The van der Waals surface area contributed by atoms with Gasteiger partial charge in [0.05, 0.1) is 4.88 Å². The van der Waals surface area contributed by atoms with E-state index in [-0.39, 0.29) is 17.9 Å². The van der Waals surface area contributed by atoms with Crippen LogP contribution in [0, 0.1) is 3.57 Å². The first-order chi connectivity index (χ1) is 10.6. The van der Waals surface area contributed by atoms with Crippen LogP contribution in [-0.2, 0) is 4.79 Å². The molecule has 6 heteroatoms. The van der Waals surface area contributed by atoms with Crippen LogP contribution in [0.5, 0.6) is 0 Å². The third-order valence-corrected chi connectivity index (χ3v) is 5.24. The van der Waals surface area contributed by atoms with E-state index in [0.717, 1.165) is 15.7 Å². The maximum Gasteiger partial charge on any atom is 0.264 e. The average molecular weight is 426 g/mol. The van der Waals surface area contributed by atoms with Gasteiger partial charge in [-0.15, -0.1) is 11.3 Å². The molecule has 2 amide bonds. The summed E-state index contributed by atoms with van der Waals surface area (Å²) in [6.07, 6.45) is 1.58. The fourth-order valence-electron chi connectivity index (χ4n) is 2.58. The summed E-state index contributed by atoms with van der Waals surface area (Å²) in [5.74, 6) is -0.154. The Balaban J connectivity index is 1.71. The maximum absolute atomic E-state index is 12.5. The van der Waals surface area contributed by atoms with Crippen molar-refractivity contribution in [3.63, 3.8) is 0 Å². The summed E-state index contributed by atoms with van der Waals surface area (Å²) >= 11 is 3.64. The number of hydrogen-bond acceptors (Lipinski definition) is 3. The van der Waals surface area contributed by atoms with Crippen molar-refractivity contribution >= 4 is 51.4 Å². The SMILES string of the molecule is O=C(Nc1ccc(I)cc1)[C@@H]1CCCN1C(=O)c1cccs1. The van der Waals surface area contributed by atoms with Gasteiger partial charge in [-0.05, 0) is 71.1 Å².